The first kappa shape index (κ1) is 12.4. The number of hydrogen-bond donors (Lipinski definition) is 2. The molecule has 0 aliphatic carbocycles. The summed E-state index contributed by atoms with van der Waals surface area (Å²) in [5, 5.41) is 16.0. The minimum atomic E-state index is 0.394. The van der Waals surface area contributed by atoms with Gasteiger partial charge in [-0.3, -0.25) is 0 Å². The standard InChI is InChI=1S/C13H16BrN3/c1-9-12(3-2-6-16-9)17-13-7-11(14)5-4-10(13)8-15/h4-5,7,9,12,16-17H,2-3,6H2,1H3. The van der Waals surface area contributed by atoms with Gasteiger partial charge in [0.2, 0.25) is 0 Å². The summed E-state index contributed by atoms with van der Waals surface area (Å²) in [6, 6.07) is 8.76. The first-order valence-corrected chi connectivity index (χ1v) is 6.69. The van der Waals surface area contributed by atoms with Crippen LogP contribution in [0, 0.1) is 11.3 Å². The molecule has 2 N–H and O–H groups in total. The Morgan fingerprint density at radius 2 is 2.35 bits per heavy atom. The van der Waals surface area contributed by atoms with Gasteiger partial charge in [-0.15, -0.1) is 0 Å². The van der Waals surface area contributed by atoms with E-state index in [0.29, 0.717) is 17.6 Å². The first-order valence-electron chi connectivity index (χ1n) is 5.90. The van der Waals surface area contributed by atoms with Crippen molar-refractivity contribution < 1.29 is 0 Å². The fourth-order valence-electron chi connectivity index (χ4n) is 2.17. The zero-order chi connectivity index (χ0) is 12.3. The lowest BCUT2D eigenvalue weighted by Crippen LogP contribution is -2.46. The smallest absolute Gasteiger partial charge is 0.101 e. The molecule has 1 heterocycles. The summed E-state index contributed by atoms with van der Waals surface area (Å²) in [6.07, 6.45) is 2.32. The first-order chi connectivity index (χ1) is 8.20. The Kier molecular flexibility index (Phi) is 4.03. The predicted octanol–water partition coefficient (Wildman–Crippen LogP) is 2.87. The zero-order valence-corrected chi connectivity index (χ0v) is 11.4. The number of hydrogen-bond acceptors (Lipinski definition) is 3. The van der Waals surface area contributed by atoms with E-state index in [1.165, 1.54) is 6.42 Å². The minimum Gasteiger partial charge on any atom is -0.380 e. The molecule has 1 fully saturated rings. The summed E-state index contributed by atoms with van der Waals surface area (Å²) in [5.74, 6) is 0. The summed E-state index contributed by atoms with van der Waals surface area (Å²) in [5.41, 5.74) is 1.62. The molecular weight excluding hydrogens is 278 g/mol. The number of nitriles is 1. The Morgan fingerprint density at radius 3 is 3.06 bits per heavy atom. The molecule has 1 aromatic rings. The molecule has 0 bridgehead atoms. The van der Waals surface area contributed by atoms with Gasteiger partial charge in [-0.05, 0) is 44.5 Å². The van der Waals surface area contributed by atoms with Crippen molar-refractivity contribution in [1.29, 1.82) is 5.26 Å². The summed E-state index contributed by atoms with van der Waals surface area (Å²) < 4.78 is 0.996. The SMILES string of the molecule is CC1NCCCC1Nc1cc(Br)ccc1C#N. The normalized spacial score (nSPS) is 24.1. The number of nitrogens with one attached hydrogen (secondary N) is 2. The van der Waals surface area contributed by atoms with E-state index in [0.717, 1.165) is 23.1 Å². The lowest BCUT2D eigenvalue weighted by Gasteiger charge is -2.31. The molecule has 1 aliphatic rings. The van der Waals surface area contributed by atoms with E-state index in [2.05, 4.69) is 39.6 Å². The highest BCUT2D eigenvalue weighted by molar-refractivity contribution is 9.10. The molecule has 0 saturated carbocycles. The maximum absolute atomic E-state index is 9.08. The summed E-state index contributed by atoms with van der Waals surface area (Å²) in [4.78, 5) is 0. The summed E-state index contributed by atoms with van der Waals surface area (Å²) in [6.45, 7) is 3.27. The number of nitrogens with zero attached hydrogens (tertiary/aromatic N) is 1. The Bertz CT molecular complexity index is 439. The monoisotopic (exact) mass is 293 g/mol. The van der Waals surface area contributed by atoms with Gasteiger partial charge in [-0.25, -0.2) is 0 Å². The van der Waals surface area contributed by atoms with Crippen molar-refractivity contribution in [3.8, 4) is 6.07 Å². The summed E-state index contributed by atoms with van der Waals surface area (Å²) in [7, 11) is 0. The van der Waals surface area contributed by atoms with Crippen LogP contribution in [0.3, 0.4) is 0 Å². The zero-order valence-electron chi connectivity index (χ0n) is 9.83. The highest BCUT2D eigenvalue weighted by atomic mass is 79.9. The number of benzene rings is 1. The van der Waals surface area contributed by atoms with Gasteiger partial charge in [0.1, 0.15) is 6.07 Å². The molecule has 3 nitrogen and oxygen atoms in total. The molecule has 0 radical (unpaired) electrons. The van der Waals surface area contributed by atoms with Gasteiger partial charge >= 0.3 is 0 Å². The van der Waals surface area contributed by atoms with E-state index in [1.807, 2.05) is 18.2 Å². The van der Waals surface area contributed by atoms with Crippen molar-refractivity contribution in [3.05, 3.63) is 28.2 Å². The highest BCUT2D eigenvalue weighted by Gasteiger charge is 2.21. The maximum Gasteiger partial charge on any atom is 0.101 e. The second-order valence-electron chi connectivity index (χ2n) is 4.44. The van der Waals surface area contributed by atoms with Gasteiger partial charge in [0.05, 0.1) is 11.3 Å². The van der Waals surface area contributed by atoms with Gasteiger partial charge in [0.25, 0.3) is 0 Å². The number of halogens is 1. The molecule has 0 aromatic heterocycles. The van der Waals surface area contributed by atoms with E-state index in [4.69, 9.17) is 5.26 Å². The molecule has 2 rings (SSSR count). The predicted molar refractivity (Wildman–Crippen MR) is 73.0 cm³/mol. The van der Waals surface area contributed by atoms with Gasteiger partial charge < -0.3 is 10.6 Å². The minimum absolute atomic E-state index is 0.394. The van der Waals surface area contributed by atoms with Crippen LogP contribution in [0.5, 0.6) is 0 Å². The second kappa shape index (κ2) is 5.52. The molecule has 90 valence electrons. The Hall–Kier alpha value is -1.05. The average Bonchev–Trinajstić information content (AvgIpc) is 2.32. The molecule has 0 spiro atoms. The van der Waals surface area contributed by atoms with Crippen molar-refractivity contribution in [1.82, 2.24) is 5.32 Å². The number of anilines is 1. The maximum atomic E-state index is 9.08. The van der Waals surface area contributed by atoms with Gasteiger partial charge in [0, 0.05) is 16.6 Å². The molecule has 2 atom stereocenters. The van der Waals surface area contributed by atoms with Gasteiger partial charge in [0.15, 0.2) is 0 Å². The fraction of sp³-hybridized carbons (Fsp3) is 0.462. The fourth-order valence-corrected chi connectivity index (χ4v) is 2.54. The third kappa shape index (κ3) is 2.99. The molecule has 1 aromatic carbocycles. The van der Waals surface area contributed by atoms with Crippen LogP contribution in [0.2, 0.25) is 0 Å². The van der Waals surface area contributed by atoms with E-state index in [1.54, 1.807) is 0 Å². The molecule has 1 saturated heterocycles. The topological polar surface area (TPSA) is 47.8 Å². The van der Waals surface area contributed by atoms with Gasteiger partial charge in [-0.2, -0.15) is 5.26 Å². The van der Waals surface area contributed by atoms with Crippen LogP contribution in [-0.2, 0) is 0 Å². The van der Waals surface area contributed by atoms with Crippen molar-refractivity contribution >= 4 is 21.6 Å². The van der Waals surface area contributed by atoms with Crippen molar-refractivity contribution in [3.63, 3.8) is 0 Å². The van der Waals surface area contributed by atoms with E-state index < -0.39 is 0 Å². The van der Waals surface area contributed by atoms with E-state index >= 15 is 0 Å². The highest BCUT2D eigenvalue weighted by Crippen LogP contribution is 2.23. The quantitative estimate of drug-likeness (QED) is 0.881. The number of rotatable bonds is 2. The molecule has 17 heavy (non-hydrogen) atoms. The summed E-state index contributed by atoms with van der Waals surface area (Å²) >= 11 is 3.44. The van der Waals surface area contributed by atoms with Crippen LogP contribution in [0.4, 0.5) is 5.69 Å². The number of piperidine rings is 1. The third-order valence-corrected chi connectivity index (χ3v) is 3.70. The van der Waals surface area contributed by atoms with Crippen molar-refractivity contribution in [2.24, 2.45) is 0 Å². The largest absolute Gasteiger partial charge is 0.380 e. The molecule has 2 unspecified atom stereocenters. The van der Waals surface area contributed by atoms with E-state index in [-0.39, 0.29) is 0 Å². The molecular formula is C13H16BrN3. The van der Waals surface area contributed by atoms with Crippen LogP contribution in [-0.4, -0.2) is 18.6 Å². The Labute approximate surface area is 110 Å². The third-order valence-electron chi connectivity index (χ3n) is 3.20. The van der Waals surface area contributed by atoms with Crippen LogP contribution in [0.15, 0.2) is 22.7 Å². The van der Waals surface area contributed by atoms with Crippen LogP contribution in [0.25, 0.3) is 0 Å². The average molecular weight is 294 g/mol. The Morgan fingerprint density at radius 1 is 1.53 bits per heavy atom. The molecule has 1 aliphatic heterocycles. The second-order valence-corrected chi connectivity index (χ2v) is 5.35. The van der Waals surface area contributed by atoms with Gasteiger partial charge in [-0.1, -0.05) is 15.9 Å². The molecule has 0 amide bonds. The van der Waals surface area contributed by atoms with Crippen LogP contribution in [0.1, 0.15) is 25.3 Å². The lowest BCUT2D eigenvalue weighted by molar-refractivity contribution is 0.389. The molecule has 4 heteroatoms. The van der Waals surface area contributed by atoms with Crippen molar-refractivity contribution in [2.75, 3.05) is 11.9 Å². The van der Waals surface area contributed by atoms with Crippen LogP contribution >= 0.6 is 15.9 Å². The van der Waals surface area contributed by atoms with E-state index in [9.17, 15) is 0 Å². The lowest BCUT2D eigenvalue weighted by atomic mass is 9.99. The van der Waals surface area contributed by atoms with Crippen LogP contribution < -0.4 is 10.6 Å². The van der Waals surface area contributed by atoms with Crippen molar-refractivity contribution in [2.45, 2.75) is 31.8 Å². The Balaban J connectivity index is 2.17.